The molecule has 0 fully saturated rings. The van der Waals surface area contributed by atoms with Gasteiger partial charge in [-0.3, -0.25) is 4.40 Å². The van der Waals surface area contributed by atoms with Crippen LogP contribution in [0.25, 0.3) is 27.5 Å². The zero-order chi connectivity index (χ0) is 20.4. The van der Waals surface area contributed by atoms with Crippen LogP contribution in [0.1, 0.15) is 17.5 Å². The summed E-state index contributed by atoms with van der Waals surface area (Å²) in [5, 5.41) is 9.54. The van der Waals surface area contributed by atoms with E-state index in [4.69, 9.17) is 14.5 Å². The average Bonchev–Trinajstić information content (AvgIpc) is 3.24. The Morgan fingerprint density at radius 1 is 1.14 bits per heavy atom. The van der Waals surface area contributed by atoms with Crippen molar-refractivity contribution in [2.75, 3.05) is 13.7 Å². The van der Waals surface area contributed by atoms with E-state index < -0.39 is 0 Å². The first-order chi connectivity index (χ1) is 14.2. The van der Waals surface area contributed by atoms with Gasteiger partial charge in [0.15, 0.2) is 4.96 Å². The second-order valence-electron chi connectivity index (χ2n) is 6.52. The van der Waals surface area contributed by atoms with Gasteiger partial charge in [-0.05, 0) is 55.8 Å². The number of rotatable bonds is 6. The molecule has 0 aliphatic carbocycles. The number of imidazole rings is 1. The molecule has 2 aromatic heterocycles. The summed E-state index contributed by atoms with van der Waals surface area (Å²) < 4.78 is 13.2. The minimum atomic E-state index is 0.260. The molecule has 4 aromatic rings. The van der Waals surface area contributed by atoms with Gasteiger partial charge in [0.2, 0.25) is 0 Å². The highest BCUT2D eigenvalue weighted by atomic mass is 32.1. The molecule has 6 heteroatoms. The average molecular weight is 404 g/mol. The van der Waals surface area contributed by atoms with Crippen molar-refractivity contribution in [1.29, 1.82) is 5.26 Å². The first-order valence-corrected chi connectivity index (χ1v) is 10.2. The molecule has 0 N–H and O–H groups in total. The van der Waals surface area contributed by atoms with E-state index in [9.17, 15) is 5.26 Å². The van der Waals surface area contributed by atoms with E-state index in [1.54, 1.807) is 18.4 Å². The summed E-state index contributed by atoms with van der Waals surface area (Å²) in [6.07, 6.45) is 0.260. The number of methoxy groups -OCH3 is 1. The predicted octanol–water partition coefficient (Wildman–Crippen LogP) is 5.51. The fourth-order valence-electron chi connectivity index (χ4n) is 3.55. The van der Waals surface area contributed by atoms with Gasteiger partial charge in [-0.2, -0.15) is 5.26 Å². The van der Waals surface area contributed by atoms with Crippen molar-refractivity contribution >= 4 is 16.3 Å². The van der Waals surface area contributed by atoms with Gasteiger partial charge >= 0.3 is 0 Å². The van der Waals surface area contributed by atoms with Gasteiger partial charge in [0.05, 0.1) is 43.3 Å². The normalized spacial score (nSPS) is 10.8. The number of thiazole rings is 1. The van der Waals surface area contributed by atoms with E-state index in [1.165, 1.54) is 0 Å². The van der Waals surface area contributed by atoms with Gasteiger partial charge in [0, 0.05) is 10.4 Å². The number of hydrogen-bond acceptors (Lipinski definition) is 5. The molecule has 0 bridgehead atoms. The van der Waals surface area contributed by atoms with Gasteiger partial charge in [-0.25, -0.2) is 4.98 Å². The summed E-state index contributed by atoms with van der Waals surface area (Å²) >= 11 is 1.63. The minimum Gasteiger partial charge on any atom is -0.497 e. The Balaban J connectivity index is 1.96. The largest absolute Gasteiger partial charge is 0.497 e. The standard InChI is InChI=1S/C23H21N3O2S/c1-4-28-20-8-6-5-7-18(20)21-19(13-14-24)26-22(15(2)29-23(26)25-21)16-9-11-17(27-3)12-10-16/h5-12H,4,13H2,1-3H3. The lowest BCUT2D eigenvalue weighted by Gasteiger charge is -2.10. The van der Waals surface area contributed by atoms with Crippen molar-refractivity contribution in [3.63, 3.8) is 0 Å². The van der Waals surface area contributed by atoms with Crippen molar-refractivity contribution in [3.8, 4) is 40.1 Å². The smallest absolute Gasteiger partial charge is 0.195 e. The number of aromatic nitrogens is 2. The van der Waals surface area contributed by atoms with Gasteiger partial charge in [-0.1, -0.05) is 12.1 Å². The molecule has 0 aliphatic rings. The Kier molecular flexibility index (Phi) is 5.24. The maximum atomic E-state index is 9.54. The number of benzene rings is 2. The molecule has 5 nitrogen and oxygen atoms in total. The SMILES string of the molecule is CCOc1ccccc1-c1nc2sc(C)c(-c3ccc(OC)cc3)n2c1CC#N. The molecule has 29 heavy (non-hydrogen) atoms. The van der Waals surface area contributed by atoms with Crippen LogP contribution in [0.3, 0.4) is 0 Å². The Labute approximate surface area is 173 Å². The van der Waals surface area contributed by atoms with Crippen LogP contribution in [0.4, 0.5) is 0 Å². The van der Waals surface area contributed by atoms with Crippen LogP contribution in [-0.2, 0) is 6.42 Å². The molecule has 0 saturated heterocycles. The van der Waals surface area contributed by atoms with Crippen molar-refractivity contribution in [1.82, 2.24) is 9.38 Å². The molecule has 0 aliphatic heterocycles. The Morgan fingerprint density at radius 3 is 2.59 bits per heavy atom. The summed E-state index contributed by atoms with van der Waals surface area (Å²) in [5.41, 5.74) is 4.72. The lowest BCUT2D eigenvalue weighted by atomic mass is 10.1. The molecule has 0 atom stereocenters. The molecular weight excluding hydrogens is 382 g/mol. The summed E-state index contributed by atoms with van der Waals surface area (Å²) in [4.78, 5) is 6.94. The lowest BCUT2D eigenvalue weighted by molar-refractivity contribution is 0.341. The highest BCUT2D eigenvalue weighted by Crippen LogP contribution is 2.39. The highest BCUT2D eigenvalue weighted by Gasteiger charge is 2.22. The topological polar surface area (TPSA) is 59.6 Å². The monoisotopic (exact) mass is 403 g/mol. The Bertz CT molecular complexity index is 1200. The van der Waals surface area contributed by atoms with Gasteiger partial charge in [0.25, 0.3) is 0 Å². The maximum absolute atomic E-state index is 9.54. The van der Waals surface area contributed by atoms with Crippen LogP contribution in [0.5, 0.6) is 11.5 Å². The summed E-state index contributed by atoms with van der Waals surface area (Å²) in [5.74, 6) is 1.59. The molecule has 0 unspecified atom stereocenters. The number of fused-ring (bicyclic) bond motifs is 1. The lowest BCUT2D eigenvalue weighted by Crippen LogP contribution is -1.98. The van der Waals surface area contributed by atoms with Crippen molar-refractivity contribution < 1.29 is 9.47 Å². The van der Waals surface area contributed by atoms with Gasteiger partial charge in [0.1, 0.15) is 11.5 Å². The number of hydrogen-bond donors (Lipinski definition) is 0. The maximum Gasteiger partial charge on any atom is 0.195 e. The summed E-state index contributed by atoms with van der Waals surface area (Å²) in [6.45, 7) is 4.62. The first-order valence-electron chi connectivity index (χ1n) is 9.42. The van der Waals surface area contributed by atoms with Crippen molar-refractivity contribution in [2.45, 2.75) is 20.3 Å². The Morgan fingerprint density at radius 2 is 1.90 bits per heavy atom. The van der Waals surface area contributed by atoms with E-state index in [-0.39, 0.29) is 6.42 Å². The molecule has 146 valence electrons. The third-order valence-corrected chi connectivity index (χ3v) is 5.75. The second-order valence-corrected chi connectivity index (χ2v) is 7.71. The quantitative estimate of drug-likeness (QED) is 0.426. The highest BCUT2D eigenvalue weighted by molar-refractivity contribution is 7.17. The molecular formula is C23H21N3O2S. The zero-order valence-electron chi connectivity index (χ0n) is 16.6. The predicted molar refractivity (Wildman–Crippen MR) is 116 cm³/mol. The van der Waals surface area contributed by atoms with Crippen LogP contribution in [-0.4, -0.2) is 23.1 Å². The van der Waals surface area contributed by atoms with E-state index >= 15 is 0 Å². The van der Waals surface area contributed by atoms with Gasteiger partial charge < -0.3 is 9.47 Å². The number of aryl methyl sites for hydroxylation is 1. The number of nitriles is 1. The van der Waals surface area contributed by atoms with Crippen LogP contribution < -0.4 is 9.47 Å². The van der Waals surface area contributed by atoms with Crippen LogP contribution in [0.15, 0.2) is 48.5 Å². The van der Waals surface area contributed by atoms with Crippen LogP contribution in [0.2, 0.25) is 0 Å². The molecule has 2 aromatic carbocycles. The molecule has 0 spiro atoms. The van der Waals surface area contributed by atoms with E-state index in [1.807, 2.05) is 55.5 Å². The number of nitrogens with zero attached hydrogens (tertiary/aromatic N) is 3. The molecule has 0 radical (unpaired) electrons. The van der Waals surface area contributed by atoms with Crippen LogP contribution in [0, 0.1) is 18.3 Å². The van der Waals surface area contributed by atoms with Gasteiger partial charge in [-0.15, -0.1) is 11.3 Å². The fourth-order valence-corrected chi connectivity index (χ4v) is 4.56. The molecule has 4 rings (SSSR count). The molecule has 0 amide bonds. The zero-order valence-corrected chi connectivity index (χ0v) is 17.4. The Hall–Kier alpha value is -3.30. The van der Waals surface area contributed by atoms with Crippen molar-refractivity contribution in [3.05, 3.63) is 59.1 Å². The number of ether oxygens (including phenoxy) is 2. The summed E-state index contributed by atoms with van der Waals surface area (Å²) in [6, 6.07) is 18.1. The van der Waals surface area contributed by atoms with Crippen molar-refractivity contribution in [2.24, 2.45) is 0 Å². The van der Waals surface area contributed by atoms with E-state index in [2.05, 4.69) is 17.4 Å². The minimum absolute atomic E-state index is 0.260. The third-order valence-electron chi connectivity index (χ3n) is 4.80. The second kappa shape index (κ2) is 7.98. The number of para-hydroxylation sites is 1. The molecule has 2 heterocycles. The van der Waals surface area contributed by atoms with E-state index in [0.717, 1.165) is 49.5 Å². The third kappa shape index (κ3) is 3.34. The fraction of sp³-hybridized carbons (Fsp3) is 0.217. The van der Waals surface area contributed by atoms with E-state index in [0.29, 0.717) is 6.61 Å². The summed E-state index contributed by atoms with van der Waals surface area (Å²) in [7, 11) is 1.66. The van der Waals surface area contributed by atoms with Crippen LogP contribution >= 0.6 is 11.3 Å². The molecule has 0 saturated carbocycles. The first kappa shape index (κ1) is 19.0.